The van der Waals surface area contributed by atoms with E-state index in [9.17, 15) is 0 Å². The molecule has 0 aliphatic heterocycles. The molecule has 1 rings (SSSR count). The van der Waals surface area contributed by atoms with E-state index >= 15 is 0 Å². The quantitative estimate of drug-likeness (QED) is 0.590. The highest BCUT2D eigenvalue weighted by molar-refractivity contribution is 5.83. The van der Waals surface area contributed by atoms with Gasteiger partial charge >= 0.3 is 0 Å². The fourth-order valence-corrected chi connectivity index (χ4v) is 2.44. The van der Waals surface area contributed by atoms with E-state index in [1.54, 1.807) is 0 Å². The number of aliphatic imine (C=N–C) groups is 1. The molecular formula is C19H30N4. The molecule has 0 unspecified atom stereocenters. The van der Waals surface area contributed by atoms with Crippen LogP contribution in [0.1, 0.15) is 59.6 Å². The lowest BCUT2D eigenvalue weighted by Gasteiger charge is -2.18. The molecule has 1 aromatic heterocycles. The molecule has 2 N–H and O–H groups in total. The van der Waals surface area contributed by atoms with E-state index in [4.69, 9.17) is 5.73 Å². The molecule has 0 fully saturated rings. The van der Waals surface area contributed by atoms with Gasteiger partial charge in [-0.15, -0.1) is 0 Å². The maximum Gasteiger partial charge on any atom is 0.0948 e. The van der Waals surface area contributed by atoms with Crippen molar-refractivity contribution in [2.45, 2.75) is 53.9 Å². The molecule has 1 heterocycles. The van der Waals surface area contributed by atoms with E-state index in [0.717, 1.165) is 47.5 Å². The molecule has 0 aliphatic rings. The van der Waals surface area contributed by atoms with Crippen molar-refractivity contribution in [2.75, 3.05) is 0 Å². The molecule has 0 radical (unpaired) electrons. The molecule has 0 aromatic carbocycles. The first-order valence-electron chi connectivity index (χ1n) is 8.30. The summed E-state index contributed by atoms with van der Waals surface area (Å²) in [4.78, 5) is 8.77. The highest BCUT2D eigenvalue weighted by Crippen LogP contribution is 2.32. The summed E-state index contributed by atoms with van der Waals surface area (Å²) in [7, 11) is 2.00. The summed E-state index contributed by atoms with van der Waals surface area (Å²) in [6.45, 7) is 10.3. The summed E-state index contributed by atoms with van der Waals surface area (Å²) in [5, 5.41) is 0. The minimum absolute atomic E-state index is 0.819. The zero-order valence-corrected chi connectivity index (χ0v) is 15.3. The Hall–Kier alpha value is -2.10. The van der Waals surface area contributed by atoms with E-state index < -0.39 is 0 Å². The van der Waals surface area contributed by atoms with E-state index in [-0.39, 0.29) is 0 Å². The highest BCUT2D eigenvalue weighted by Gasteiger charge is 2.17. The molecule has 0 atom stereocenters. The Morgan fingerprint density at radius 3 is 2.52 bits per heavy atom. The van der Waals surface area contributed by atoms with Crippen molar-refractivity contribution in [2.24, 2.45) is 17.8 Å². The number of unbranched alkanes of at least 4 members (excludes halogenated alkanes) is 1. The van der Waals surface area contributed by atoms with Crippen molar-refractivity contribution >= 4 is 11.8 Å². The number of hydrogen-bond donors (Lipinski definition) is 1. The molecule has 0 bridgehead atoms. The van der Waals surface area contributed by atoms with E-state index in [0.29, 0.717) is 0 Å². The van der Waals surface area contributed by atoms with Gasteiger partial charge in [0.1, 0.15) is 0 Å². The highest BCUT2D eigenvalue weighted by atomic mass is 15.0. The van der Waals surface area contributed by atoms with Crippen molar-refractivity contribution in [1.82, 2.24) is 9.55 Å². The number of hydrogen-bond acceptors (Lipinski definition) is 3. The second-order valence-electron chi connectivity index (χ2n) is 5.69. The molecule has 0 saturated heterocycles. The third-order valence-corrected chi connectivity index (χ3v) is 3.94. The Balaban J connectivity index is 3.65. The first-order chi connectivity index (χ1) is 11.0. The lowest BCUT2D eigenvalue weighted by molar-refractivity contribution is 0.891. The van der Waals surface area contributed by atoms with Gasteiger partial charge in [0.2, 0.25) is 0 Å². The standard InChI is InChI=1S/C19H30N4/c1-7-10-11-16(17-12-21-13-23(17)6)18(15(5)22-9-3)19(20)14(4)8-2/h9,11-13H,7-8,10,20H2,1-6H3/b16-11-,18-15-,19-14-,22-9?. The third kappa shape index (κ3) is 4.68. The van der Waals surface area contributed by atoms with Gasteiger partial charge in [0.25, 0.3) is 0 Å². The van der Waals surface area contributed by atoms with Crippen LogP contribution in [0.4, 0.5) is 0 Å². The van der Waals surface area contributed by atoms with Crippen LogP contribution >= 0.6 is 0 Å². The molecule has 23 heavy (non-hydrogen) atoms. The first kappa shape index (κ1) is 18.9. The molecular weight excluding hydrogens is 284 g/mol. The number of aromatic nitrogens is 2. The van der Waals surface area contributed by atoms with Crippen molar-refractivity contribution < 1.29 is 0 Å². The molecule has 0 spiro atoms. The van der Waals surface area contributed by atoms with Gasteiger partial charge in [-0.05, 0) is 39.2 Å². The van der Waals surface area contributed by atoms with Crippen LogP contribution in [0.25, 0.3) is 5.57 Å². The topological polar surface area (TPSA) is 56.2 Å². The Labute approximate surface area is 140 Å². The molecule has 0 aliphatic carbocycles. The lowest BCUT2D eigenvalue weighted by Crippen LogP contribution is -2.10. The van der Waals surface area contributed by atoms with Crippen molar-refractivity contribution in [1.29, 1.82) is 0 Å². The predicted molar refractivity (Wildman–Crippen MR) is 100 cm³/mol. The summed E-state index contributed by atoms with van der Waals surface area (Å²) < 4.78 is 2.03. The number of rotatable bonds is 7. The summed E-state index contributed by atoms with van der Waals surface area (Å²) in [6, 6.07) is 0. The van der Waals surface area contributed by atoms with Crippen LogP contribution in [0.2, 0.25) is 0 Å². The average Bonchev–Trinajstić information content (AvgIpc) is 2.96. The van der Waals surface area contributed by atoms with Crippen LogP contribution in [0, 0.1) is 0 Å². The van der Waals surface area contributed by atoms with E-state index in [1.165, 1.54) is 5.57 Å². The van der Waals surface area contributed by atoms with Gasteiger partial charge in [-0.2, -0.15) is 0 Å². The Bertz CT molecular complexity index is 642. The normalized spacial score (nSPS) is 15.0. The minimum Gasteiger partial charge on any atom is -0.398 e. The monoisotopic (exact) mass is 314 g/mol. The van der Waals surface area contributed by atoms with Crippen LogP contribution in [0.5, 0.6) is 0 Å². The molecule has 4 heteroatoms. The fourth-order valence-electron chi connectivity index (χ4n) is 2.44. The maximum absolute atomic E-state index is 6.51. The third-order valence-electron chi connectivity index (χ3n) is 3.94. The maximum atomic E-state index is 6.51. The minimum atomic E-state index is 0.819. The van der Waals surface area contributed by atoms with Crippen LogP contribution in [0.15, 0.2) is 46.1 Å². The van der Waals surface area contributed by atoms with Gasteiger partial charge in [-0.3, -0.25) is 4.99 Å². The van der Waals surface area contributed by atoms with Gasteiger partial charge in [0.05, 0.1) is 18.2 Å². The van der Waals surface area contributed by atoms with Crippen LogP contribution in [0.3, 0.4) is 0 Å². The van der Waals surface area contributed by atoms with Gasteiger partial charge < -0.3 is 10.3 Å². The smallest absolute Gasteiger partial charge is 0.0948 e. The summed E-state index contributed by atoms with van der Waals surface area (Å²) >= 11 is 0. The van der Waals surface area contributed by atoms with Crippen LogP contribution in [-0.4, -0.2) is 15.8 Å². The predicted octanol–water partition coefficient (Wildman–Crippen LogP) is 4.61. The largest absolute Gasteiger partial charge is 0.398 e. The summed E-state index contributed by atoms with van der Waals surface area (Å²) in [5.74, 6) is 0. The Kier molecular flexibility index (Phi) is 7.52. The molecule has 126 valence electrons. The van der Waals surface area contributed by atoms with Gasteiger partial charge in [-0.1, -0.05) is 26.3 Å². The summed E-state index contributed by atoms with van der Waals surface area (Å²) in [6.07, 6.45) is 10.8. The van der Waals surface area contributed by atoms with Gasteiger partial charge in [0, 0.05) is 35.8 Å². The zero-order chi connectivity index (χ0) is 17.4. The number of allylic oxidation sites excluding steroid dienone is 4. The summed E-state index contributed by atoms with van der Waals surface area (Å²) in [5.41, 5.74) is 12.6. The number of nitrogens with two attached hydrogens (primary N) is 1. The van der Waals surface area contributed by atoms with Crippen LogP contribution < -0.4 is 5.73 Å². The van der Waals surface area contributed by atoms with Gasteiger partial charge in [0.15, 0.2) is 0 Å². The number of imidazole rings is 1. The molecule has 1 aromatic rings. The molecule has 4 nitrogen and oxygen atoms in total. The van der Waals surface area contributed by atoms with E-state index in [2.05, 4.69) is 36.8 Å². The van der Waals surface area contributed by atoms with Crippen LogP contribution in [-0.2, 0) is 7.05 Å². The Morgan fingerprint density at radius 2 is 2.04 bits per heavy atom. The second-order valence-corrected chi connectivity index (χ2v) is 5.69. The van der Waals surface area contributed by atoms with Gasteiger partial charge in [-0.25, -0.2) is 4.98 Å². The zero-order valence-electron chi connectivity index (χ0n) is 15.3. The number of aryl methyl sites for hydroxylation is 1. The van der Waals surface area contributed by atoms with Crippen molar-refractivity contribution in [3.8, 4) is 0 Å². The van der Waals surface area contributed by atoms with E-state index in [1.807, 2.05) is 44.2 Å². The Morgan fingerprint density at radius 1 is 1.35 bits per heavy atom. The van der Waals surface area contributed by atoms with Crippen molar-refractivity contribution in [3.63, 3.8) is 0 Å². The first-order valence-corrected chi connectivity index (χ1v) is 8.30. The SMILES string of the molecule is CC=N/C(C)=C(C(\N)=C(/C)CC)/C(=C\CCC)c1cncn1C. The fraction of sp³-hybridized carbons (Fsp3) is 0.474. The molecule has 0 amide bonds. The molecule has 0 saturated carbocycles. The van der Waals surface area contributed by atoms with Crippen molar-refractivity contribution in [3.05, 3.63) is 46.8 Å². The lowest BCUT2D eigenvalue weighted by atomic mass is 9.94. The average molecular weight is 314 g/mol. The second kappa shape index (κ2) is 9.13. The number of nitrogens with zero attached hydrogens (tertiary/aromatic N) is 3.